The SMILES string of the molecule is COc1ccc(C(=O)N=[N+]=[N-])cc1OC1CCC(O)C1. The summed E-state index contributed by atoms with van der Waals surface area (Å²) < 4.78 is 10.9. The van der Waals surface area contributed by atoms with Gasteiger partial charge >= 0.3 is 0 Å². The highest BCUT2D eigenvalue weighted by molar-refractivity contribution is 5.95. The predicted octanol–water partition coefficient (Wildman–Crippen LogP) is 2.44. The molecule has 1 saturated carbocycles. The summed E-state index contributed by atoms with van der Waals surface area (Å²) in [5.41, 5.74) is 8.51. The van der Waals surface area contributed by atoms with E-state index in [2.05, 4.69) is 10.0 Å². The number of rotatable bonds is 4. The molecule has 0 aliphatic heterocycles. The number of nitrogens with zero attached hydrogens (tertiary/aromatic N) is 3. The highest BCUT2D eigenvalue weighted by Crippen LogP contribution is 2.32. The van der Waals surface area contributed by atoms with Gasteiger partial charge in [-0.2, -0.15) is 0 Å². The van der Waals surface area contributed by atoms with Gasteiger partial charge in [0.2, 0.25) is 5.91 Å². The molecule has 0 saturated heterocycles. The van der Waals surface area contributed by atoms with E-state index in [0.717, 1.165) is 6.42 Å². The molecule has 1 amide bonds. The van der Waals surface area contributed by atoms with Crippen LogP contribution < -0.4 is 9.47 Å². The molecule has 0 aromatic heterocycles. The zero-order chi connectivity index (χ0) is 14.5. The maximum Gasteiger partial charge on any atom is 0.249 e. The Kier molecular flexibility index (Phi) is 4.45. The first kappa shape index (κ1) is 14.2. The molecule has 0 heterocycles. The first-order chi connectivity index (χ1) is 9.63. The molecular formula is C13H15N3O4. The van der Waals surface area contributed by atoms with Crippen LogP contribution in [0, 0.1) is 0 Å². The average molecular weight is 277 g/mol. The molecule has 2 rings (SSSR count). The fourth-order valence-electron chi connectivity index (χ4n) is 2.20. The summed E-state index contributed by atoms with van der Waals surface area (Å²) in [6.07, 6.45) is 1.55. The number of hydrogen-bond donors (Lipinski definition) is 1. The molecule has 1 aliphatic rings. The number of aliphatic hydroxyl groups is 1. The van der Waals surface area contributed by atoms with E-state index in [1.54, 1.807) is 6.07 Å². The van der Waals surface area contributed by atoms with Crippen LogP contribution >= 0.6 is 0 Å². The van der Waals surface area contributed by atoms with Crippen molar-refractivity contribution in [2.75, 3.05) is 7.11 Å². The van der Waals surface area contributed by atoms with Crippen LogP contribution in [0.2, 0.25) is 0 Å². The van der Waals surface area contributed by atoms with E-state index in [-0.39, 0.29) is 17.8 Å². The van der Waals surface area contributed by atoms with Crippen molar-refractivity contribution in [2.24, 2.45) is 5.11 Å². The van der Waals surface area contributed by atoms with Crippen molar-refractivity contribution in [1.29, 1.82) is 0 Å². The number of benzene rings is 1. The smallest absolute Gasteiger partial charge is 0.249 e. The van der Waals surface area contributed by atoms with Crippen molar-refractivity contribution < 1.29 is 19.4 Å². The van der Waals surface area contributed by atoms with Gasteiger partial charge in [0.05, 0.1) is 13.2 Å². The van der Waals surface area contributed by atoms with Crippen LogP contribution in [0.3, 0.4) is 0 Å². The van der Waals surface area contributed by atoms with Crippen LogP contribution in [0.1, 0.15) is 29.6 Å². The largest absolute Gasteiger partial charge is 0.493 e. The molecule has 0 bridgehead atoms. The van der Waals surface area contributed by atoms with Crippen LogP contribution in [0.25, 0.3) is 10.4 Å². The summed E-state index contributed by atoms with van der Waals surface area (Å²) in [6.45, 7) is 0. The van der Waals surface area contributed by atoms with Crippen LogP contribution in [0.5, 0.6) is 11.5 Å². The van der Waals surface area contributed by atoms with Crippen LogP contribution in [0.15, 0.2) is 23.3 Å². The molecule has 1 aromatic rings. The lowest BCUT2D eigenvalue weighted by Crippen LogP contribution is -2.14. The summed E-state index contributed by atoms with van der Waals surface area (Å²) in [5, 5.41) is 12.5. The van der Waals surface area contributed by atoms with E-state index in [1.165, 1.54) is 19.2 Å². The van der Waals surface area contributed by atoms with Crippen molar-refractivity contribution in [1.82, 2.24) is 0 Å². The highest BCUT2D eigenvalue weighted by atomic mass is 16.5. The molecule has 1 aliphatic carbocycles. The quantitative estimate of drug-likeness (QED) is 0.518. The molecule has 106 valence electrons. The zero-order valence-electron chi connectivity index (χ0n) is 11.0. The molecule has 7 heteroatoms. The number of amides is 1. The fraction of sp³-hybridized carbons (Fsp3) is 0.462. The second kappa shape index (κ2) is 6.27. The Morgan fingerprint density at radius 2 is 2.25 bits per heavy atom. The van der Waals surface area contributed by atoms with Gasteiger partial charge in [0.25, 0.3) is 0 Å². The van der Waals surface area contributed by atoms with Crippen molar-refractivity contribution in [2.45, 2.75) is 31.5 Å². The Morgan fingerprint density at radius 3 is 2.85 bits per heavy atom. The molecule has 20 heavy (non-hydrogen) atoms. The number of ether oxygens (including phenoxy) is 2. The van der Waals surface area contributed by atoms with Crippen LogP contribution in [-0.4, -0.2) is 30.3 Å². The first-order valence-corrected chi connectivity index (χ1v) is 6.26. The molecule has 1 fully saturated rings. The number of carbonyl (C=O) groups excluding carboxylic acids is 1. The topological polar surface area (TPSA) is 105 Å². The molecule has 2 unspecified atom stereocenters. The van der Waals surface area contributed by atoms with E-state index in [0.29, 0.717) is 24.3 Å². The van der Waals surface area contributed by atoms with E-state index in [1.807, 2.05) is 0 Å². The molecule has 2 atom stereocenters. The van der Waals surface area contributed by atoms with E-state index in [9.17, 15) is 9.90 Å². The van der Waals surface area contributed by atoms with Gasteiger partial charge < -0.3 is 14.6 Å². The van der Waals surface area contributed by atoms with Gasteiger partial charge in [-0.05, 0) is 41.7 Å². The third kappa shape index (κ3) is 3.20. The molecule has 1 N–H and O–H groups in total. The lowest BCUT2D eigenvalue weighted by atomic mass is 10.2. The second-order valence-corrected chi connectivity index (χ2v) is 4.57. The summed E-state index contributed by atoms with van der Waals surface area (Å²) in [6, 6.07) is 4.58. The van der Waals surface area contributed by atoms with Crippen molar-refractivity contribution in [3.8, 4) is 11.5 Å². The Hall–Kier alpha value is -2.24. The molecular weight excluding hydrogens is 262 g/mol. The molecule has 7 nitrogen and oxygen atoms in total. The van der Waals surface area contributed by atoms with E-state index >= 15 is 0 Å². The Morgan fingerprint density at radius 1 is 1.45 bits per heavy atom. The fourth-order valence-corrected chi connectivity index (χ4v) is 2.20. The highest BCUT2D eigenvalue weighted by Gasteiger charge is 2.25. The van der Waals surface area contributed by atoms with Crippen molar-refractivity contribution in [3.05, 3.63) is 34.2 Å². The predicted molar refractivity (Wildman–Crippen MR) is 70.7 cm³/mol. The van der Waals surface area contributed by atoms with E-state index in [4.69, 9.17) is 15.0 Å². The standard InChI is InChI=1S/C13H15N3O4/c1-19-11-5-2-8(13(18)15-16-14)6-12(11)20-10-4-3-9(17)7-10/h2,5-6,9-10,17H,3-4,7H2,1H3. The zero-order valence-corrected chi connectivity index (χ0v) is 11.0. The molecule has 0 radical (unpaired) electrons. The Balaban J connectivity index is 2.22. The van der Waals surface area contributed by atoms with Gasteiger partial charge in [0.15, 0.2) is 11.5 Å². The maximum atomic E-state index is 11.5. The minimum atomic E-state index is -0.675. The summed E-state index contributed by atoms with van der Waals surface area (Å²) in [7, 11) is 1.50. The lowest BCUT2D eigenvalue weighted by Gasteiger charge is -2.16. The number of carbonyl (C=O) groups is 1. The number of aliphatic hydroxyl groups excluding tert-OH is 1. The van der Waals surface area contributed by atoms with Gasteiger partial charge in [-0.3, -0.25) is 4.79 Å². The normalized spacial score (nSPS) is 21.1. The number of azide groups is 1. The number of methoxy groups -OCH3 is 1. The maximum absolute atomic E-state index is 11.5. The van der Waals surface area contributed by atoms with Crippen LogP contribution in [-0.2, 0) is 0 Å². The lowest BCUT2D eigenvalue weighted by molar-refractivity contribution is 0.0998. The third-order valence-corrected chi connectivity index (χ3v) is 3.20. The monoisotopic (exact) mass is 277 g/mol. The molecule has 1 aromatic carbocycles. The summed E-state index contributed by atoms with van der Waals surface area (Å²) >= 11 is 0. The Bertz CT molecular complexity index is 555. The minimum Gasteiger partial charge on any atom is -0.493 e. The summed E-state index contributed by atoms with van der Waals surface area (Å²) in [5.74, 6) is 0.223. The number of hydrogen-bond acceptors (Lipinski definition) is 4. The van der Waals surface area contributed by atoms with Gasteiger partial charge in [0, 0.05) is 16.9 Å². The average Bonchev–Trinajstić information content (AvgIpc) is 2.84. The Labute approximate surface area is 115 Å². The van der Waals surface area contributed by atoms with Gasteiger partial charge in [-0.1, -0.05) is 0 Å². The van der Waals surface area contributed by atoms with E-state index < -0.39 is 5.91 Å². The summed E-state index contributed by atoms with van der Waals surface area (Å²) in [4.78, 5) is 14.0. The first-order valence-electron chi connectivity index (χ1n) is 6.26. The van der Waals surface area contributed by atoms with Gasteiger partial charge in [-0.25, -0.2) is 0 Å². The minimum absolute atomic E-state index is 0.108. The van der Waals surface area contributed by atoms with Crippen molar-refractivity contribution in [3.63, 3.8) is 0 Å². The van der Waals surface area contributed by atoms with Gasteiger partial charge in [0.1, 0.15) is 6.10 Å². The van der Waals surface area contributed by atoms with Crippen molar-refractivity contribution >= 4 is 5.91 Å². The second-order valence-electron chi connectivity index (χ2n) is 4.57. The molecule has 0 spiro atoms. The van der Waals surface area contributed by atoms with Gasteiger partial charge in [-0.15, -0.1) is 0 Å². The van der Waals surface area contributed by atoms with Crippen LogP contribution in [0.4, 0.5) is 0 Å². The third-order valence-electron chi connectivity index (χ3n) is 3.20.